The average Bonchev–Trinajstić information content (AvgIpc) is 3.40. The molecule has 0 aliphatic carbocycles. The van der Waals surface area contributed by atoms with Gasteiger partial charge in [0.2, 0.25) is 0 Å². The van der Waals surface area contributed by atoms with Gasteiger partial charge in [-0.25, -0.2) is 24.6 Å². The third kappa shape index (κ3) is 8.74. The minimum atomic E-state index is -4.75. The number of hydrazine groups is 1. The fraction of sp³-hybridized carbons (Fsp3) is 0.192. The number of halogens is 3. The van der Waals surface area contributed by atoms with Crippen LogP contribution in [0.25, 0.3) is 17.1 Å². The van der Waals surface area contributed by atoms with Crippen LogP contribution in [0.15, 0.2) is 84.0 Å². The lowest BCUT2D eigenvalue weighted by Crippen LogP contribution is -2.47. The number of hydrogen-bond acceptors (Lipinski definition) is 7. The van der Waals surface area contributed by atoms with Crippen LogP contribution >= 0.6 is 11.9 Å². The molecule has 0 radical (unpaired) electrons. The second-order valence-electron chi connectivity index (χ2n) is 8.25. The van der Waals surface area contributed by atoms with Crippen molar-refractivity contribution in [2.45, 2.75) is 24.6 Å². The second kappa shape index (κ2) is 13.1. The first kappa shape index (κ1) is 28.0. The van der Waals surface area contributed by atoms with Crippen LogP contribution in [0, 0.1) is 6.92 Å². The molecule has 4 N–H and O–H groups in total. The molecule has 2 amide bonds. The van der Waals surface area contributed by atoms with Gasteiger partial charge in [0.15, 0.2) is 5.82 Å². The number of nitrogens with one attached hydrogen (secondary N) is 4. The maximum absolute atomic E-state index is 12.4. The summed E-state index contributed by atoms with van der Waals surface area (Å²) in [6.07, 6.45) is -2.68. The molecule has 4 rings (SSSR count). The predicted molar refractivity (Wildman–Crippen MR) is 142 cm³/mol. The van der Waals surface area contributed by atoms with Crippen LogP contribution in [0.4, 0.5) is 18.0 Å². The predicted octanol–water partition coefficient (Wildman–Crippen LogP) is 4.74. The van der Waals surface area contributed by atoms with Crippen molar-refractivity contribution in [1.82, 2.24) is 35.7 Å². The molecule has 0 atom stereocenters. The molecular weight excluding hydrogens is 531 g/mol. The monoisotopic (exact) mass is 557 g/mol. The van der Waals surface area contributed by atoms with Crippen molar-refractivity contribution in [1.29, 1.82) is 0 Å². The highest BCUT2D eigenvalue weighted by Crippen LogP contribution is 2.24. The standard InChI is InChI=1S/C26H26F3N7O2S/c1-18-5-2-3-8-23(18)39-33-16-32-34-25(37)30-14-13-19-6-4-7-20(15-19)24-31-17-36(35-24)21-9-11-22(12-10-21)38-26(27,28)29/h2-12,15,17,32-33H,13-14,16H2,1H3,(H2,30,34,37). The Balaban J connectivity index is 1.21. The van der Waals surface area contributed by atoms with Crippen molar-refractivity contribution in [2.75, 3.05) is 13.2 Å². The van der Waals surface area contributed by atoms with E-state index in [9.17, 15) is 18.0 Å². The van der Waals surface area contributed by atoms with E-state index in [1.165, 1.54) is 52.8 Å². The van der Waals surface area contributed by atoms with Crippen molar-refractivity contribution < 1.29 is 22.7 Å². The summed E-state index contributed by atoms with van der Waals surface area (Å²) in [5, 5.41) is 7.21. The third-order valence-electron chi connectivity index (χ3n) is 5.35. The van der Waals surface area contributed by atoms with Gasteiger partial charge in [0.05, 0.1) is 12.4 Å². The fourth-order valence-electron chi connectivity index (χ4n) is 3.50. The van der Waals surface area contributed by atoms with Crippen LogP contribution in [0.2, 0.25) is 0 Å². The van der Waals surface area contributed by atoms with Gasteiger partial charge in [-0.15, -0.1) is 18.3 Å². The zero-order chi connectivity index (χ0) is 27.7. The van der Waals surface area contributed by atoms with Gasteiger partial charge in [0.1, 0.15) is 12.1 Å². The maximum atomic E-state index is 12.4. The number of aryl methyl sites for hydroxylation is 1. The maximum Gasteiger partial charge on any atom is 0.573 e. The molecule has 0 saturated carbocycles. The van der Waals surface area contributed by atoms with Gasteiger partial charge in [0.25, 0.3) is 0 Å². The largest absolute Gasteiger partial charge is 0.573 e. The molecule has 39 heavy (non-hydrogen) atoms. The highest BCUT2D eigenvalue weighted by molar-refractivity contribution is 7.97. The Bertz CT molecular complexity index is 1380. The van der Waals surface area contributed by atoms with E-state index in [4.69, 9.17) is 0 Å². The highest BCUT2D eigenvalue weighted by Gasteiger charge is 2.31. The summed E-state index contributed by atoms with van der Waals surface area (Å²) in [5.74, 6) is 0.143. The summed E-state index contributed by atoms with van der Waals surface area (Å²) in [5.41, 5.74) is 8.84. The lowest BCUT2D eigenvalue weighted by molar-refractivity contribution is -0.274. The third-order valence-corrected chi connectivity index (χ3v) is 6.32. The molecule has 1 aromatic heterocycles. The first-order chi connectivity index (χ1) is 18.8. The number of nitrogens with zero attached hydrogens (tertiary/aromatic N) is 3. The Labute approximate surface area is 227 Å². The van der Waals surface area contributed by atoms with Gasteiger partial charge in [0, 0.05) is 17.0 Å². The smallest absolute Gasteiger partial charge is 0.406 e. The molecular formula is C26H26F3N7O2S. The van der Waals surface area contributed by atoms with Crippen LogP contribution in [0.5, 0.6) is 5.75 Å². The van der Waals surface area contributed by atoms with E-state index in [0.717, 1.165) is 16.0 Å². The zero-order valence-corrected chi connectivity index (χ0v) is 21.6. The van der Waals surface area contributed by atoms with Crippen molar-refractivity contribution in [3.63, 3.8) is 0 Å². The van der Waals surface area contributed by atoms with Crippen LogP contribution in [0.3, 0.4) is 0 Å². The Kier molecular flexibility index (Phi) is 9.41. The Hall–Kier alpha value is -4.07. The van der Waals surface area contributed by atoms with E-state index in [0.29, 0.717) is 31.1 Å². The molecule has 0 aliphatic rings. The number of amides is 2. The molecule has 0 bridgehead atoms. The molecule has 1 heterocycles. The first-order valence-corrected chi connectivity index (χ1v) is 12.7. The highest BCUT2D eigenvalue weighted by atomic mass is 32.2. The number of benzene rings is 3. The number of carbonyl (C=O) groups is 1. The van der Waals surface area contributed by atoms with Gasteiger partial charge in [-0.1, -0.05) is 36.4 Å². The SMILES string of the molecule is Cc1ccccc1SNCNNC(=O)NCCc1cccc(-c2ncn(-c3ccc(OC(F)(F)F)cc3)n2)c1. The molecule has 0 spiro atoms. The molecule has 0 aliphatic heterocycles. The van der Waals surface area contributed by atoms with Gasteiger partial charge < -0.3 is 10.1 Å². The van der Waals surface area contributed by atoms with E-state index in [1.54, 1.807) is 0 Å². The van der Waals surface area contributed by atoms with Crippen molar-refractivity contribution in [3.05, 3.63) is 90.3 Å². The van der Waals surface area contributed by atoms with E-state index >= 15 is 0 Å². The van der Waals surface area contributed by atoms with Crippen LogP contribution in [-0.4, -0.2) is 40.4 Å². The van der Waals surface area contributed by atoms with E-state index < -0.39 is 6.36 Å². The molecule has 0 unspecified atom stereocenters. The van der Waals surface area contributed by atoms with Gasteiger partial charge >= 0.3 is 12.4 Å². The first-order valence-electron chi connectivity index (χ1n) is 11.9. The summed E-state index contributed by atoms with van der Waals surface area (Å²) >= 11 is 1.48. The normalized spacial score (nSPS) is 11.3. The molecule has 4 aromatic rings. The van der Waals surface area contributed by atoms with E-state index in [2.05, 4.69) is 35.7 Å². The summed E-state index contributed by atoms with van der Waals surface area (Å²) in [7, 11) is 0. The average molecular weight is 558 g/mol. The van der Waals surface area contributed by atoms with Gasteiger partial charge in [-0.2, -0.15) is 0 Å². The summed E-state index contributed by atoms with van der Waals surface area (Å²) < 4.78 is 45.6. The van der Waals surface area contributed by atoms with Crippen LogP contribution in [0.1, 0.15) is 11.1 Å². The quantitative estimate of drug-likeness (QED) is 0.0914. The summed E-state index contributed by atoms with van der Waals surface area (Å²) in [4.78, 5) is 17.5. The summed E-state index contributed by atoms with van der Waals surface area (Å²) in [6, 6.07) is 20.6. The summed E-state index contributed by atoms with van der Waals surface area (Å²) in [6.45, 7) is 2.82. The number of hydrogen-bond donors (Lipinski definition) is 4. The molecule has 204 valence electrons. The minimum Gasteiger partial charge on any atom is -0.406 e. The fourth-order valence-corrected chi connectivity index (χ4v) is 4.17. The van der Waals surface area contributed by atoms with Crippen molar-refractivity contribution in [2.24, 2.45) is 0 Å². The second-order valence-corrected chi connectivity index (χ2v) is 9.18. The van der Waals surface area contributed by atoms with Crippen LogP contribution in [-0.2, 0) is 6.42 Å². The minimum absolute atomic E-state index is 0.314. The Morgan fingerprint density at radius 2 is 1.85 bits per heavy atom. The van der Waals surface area contributed by atoms with E-state index in [1.807, 2.05) is 55.5 Å². The Morgan fingerprint density at radius 3 is 2.62 bits per heavy atom. The molecule has 9 nitrogen and oxygen atoms in total. The van der Waals surface area contributed by atoms with E-state index in [-0.39, 0.29) is 11.8 Å². The van der Waals surface area contributed by atoms with Gasteiger partial charge in [-0.05, 0) is 72.8 Å². The van der Waals surface area contributed by atoms with Crippen molar-refractivity contribution in [3.8, 4) is 22.8 Å². The lowest BCUT2D eigenvalue weighted by atomic mass is 10.1. The number of alkyl halides is 3. The zero-order valence-electron chi connectivity index (χ0n) is 20.8. The lowest BCUT2D eigenvalue weighted by Gasteiger charge is -2.10. The molecule has 13 heteroatoms. The number of aromatic nitrogens is 3. The number of rotatable bonds is 11. The molecule has 0 saturated heterocycles. The van der Waals surface area contributed by atoms with Gasteiger partial charge in [-0.3, -0.25) is 5.43 Å². The Morgan fingerprint density at radius 1 is 1.05 bits per heavy atom. The van der Waals surface area contributed by atoms with Crippen molar-refractivity contribution >= 4 is 18.0 Å². The number of ether oxygens (including phenoxy) is 1. The molecule has 3 aromatic carbocycles. The number of carbonyl (C=O) groups excluding carboxylic acids is 1. The topological polar surface area (TPSA) is 105 Å². The number of urea groups is 1. The molecule has 0 fully saturated rings. The van der Waals surface area contributed by atoms with Crippen LogP contribution < -0.4 is 25.6 Å².